The number of rotatable bonds is 6. The van der Waals surface area contributed by atoms with Crippen LogP contribution in [0.2, 0.25) is 0 Å². The summed E-state index contributed by atoms with van der Waals surface area (Å²) >= 11 is 1.17. The van der Waals surface area contributed by atoms with Crippen LogP contribution in [0, 0.1) is 5.82 Å². The Labute approximate surface area is 165 Å². The molecule has 3 rings (SSSR count). The SMILES string of the molecule is CNC(=O)NC(=O)CSc1nnc(-c2ccc(F)cc2)n1Cc1ccccc1. The van der Waals surface area contributed by atoms with Crippen molar-refractivity contribution >= 4 is 23.7 Å². The first kappa shape index (κ1) is 19.6. The Morgan fingerprint density at radius 1 is 1.07 bits per heavy atom. The zero-order valence-corrected chi connectivity index (χ0v) is 15.9. The number of carbonyl (C=O) groups excluding carboxylic acids is 2. The fourth-order valence-electron chi connectivity index (χ4n) is 2.47. The van der Waals surface area contributed by atoms with Crippen molar-refractivity contribution in [1.29, 1.82) is 0 Å². The van der Waals surface area contributed by atoms with Crippen molar-refractivity contribution in [2.24, 2.45) is 0 Å². The van der Waals surface area contributed by atoms with Gasteiger partial charge < -0.3 is 5.32 Å². The molecular weight excluding hydrogens is 381 g/mol. The van der Waals surface area contributed by atoms with Crippen LogP contribution in [0.4, 0.5) is 9.18 Å². The zero-order chi connectivity index (χ0) is 19.9. The number of thioether (sulfide) groups is 1. The molecule has 2 N–H and O–H groups in total. The number of amides is 3. The van der Waals surface area contributed by atoms with Crippen molar-refractivity contribution in [3.05, 3.63) is 66.0 Å². The van der Waals surface area contributed by atoms with Crippen LogP contribution < -0.4 is 10.6 Å². The molecule has 0 bridgehead atoms. The van der Waals surface area contributed by atoms with Gasteiger partial charge in [-0.05, 0) is 29.8 Å². The summed E-state index contributed by atoms with van der Waals surface area (Å²) in [6.45, 7) is 0.486. The van der Waals surface area contributed by atoms with Gasteiger partial charge in [0, 0.05) is 12.6 Å². The molecule has 3 aromatic rings. The first-order chi connectivity index (χ1) is 13.6. The second kappa shape index (κ2) is 9.14. The van der Waals surface area contributed by atoms with Gasteiger partial charge in [0.15, 0.2) is 11.0 Å². The molecule has 0 aliphatic carbocycles. The van der Waals surface area contributed by atoms with Gasteiger partial charge in [-0.25, -0.2) is 9.18 Å². The molecule has 144 valence electrons. The highest BCUT2D eigenvalue weighted by Crippen LogP contribution is 2.25. The Kier molecular flexibility index (Phi) is 6.38. The number of halogens is 1. The van der Waals surface area contributed by atoms with E-state index in [0.717, 1.165) is 5.56 Å². The molecule has 0 saturated carbocycles. The van der Waals surface area contributed by atoms with Gasteiger partial charge in [0.1, 0.15) is 5.82 Å². The maximum Gasteiger partial charge on any atom is 0.321 e. The molecule has 0 saturated heterocycles. The van der Waals surface area contributed by atoms with Crippen LogP contribution in [0.3, 0.4) is 0 Å². The van der Waals surface area contributed by atoms with Gasteiger partial charge in [-0.1, -0.05) is 42.1 Å². The molecule has 28 heavy (non-hydrogen) atoms. The summed E-state index contributed by atoms with van der Waals surface area (Å²) in [4.78, 5) is 23.1. The number of carbonyl (C=O) groups is 2. The lowest BCUT2D eigenvalue weighted by atomic mass is 10.2. The molecule has 0 fully saturated rings. The number of nitrogens with zero attached hydrogens (tertiary/aromatic N) is 3. The molecule has 0 aliphatic heterocycles. The lowest BCUT2D eigenvalue weighted by Crippen LogP contribution is -2.38. The van der Waals surface area contributed by atoms with Gasteiger partial charge >= 0.3 is 6.03 Å². The molecule has 9 heteroatoms. The quantitative estimate of drug-likeness (QED) is 0.622. The number of urea groups is 1. The van der Waals surface area contributed by atoms with Gasteiger partial charge in [-0.15, -0.1) is 10.2 Å². The Hall–Kier alpha value is -3.20. The minimum atomic E-state index is -0.566. The van der Waals surface area contributed by atoms with Crippen molar-refractivity contribution in [1.82, 2.24) is 25.4 Å². The highest BCUT2D eigenvalue weighted by Gasteiger charge is 2.17. The van der Waals surface area contributed by atoms with E-state index in [9.17, 15) is 14.0 Å². The Balaban J connectivity index is 1.85. The van der Waals surface area contributed by atoms with Gasteiger partial charge in [0.25, 0.3) is 0 Å². The van der Waals surface area contributed by atoms with Crippen molar-refractivity contribution in [2.45, 2.75) is 11.7 Å². The van der Waals surface area contributed by atoms with E-state index in [1.807, 2.05) is 34.9 Å². The largest absolute Gasteiger partial charge is 0.341 e. The fourth-order valence-corrected chi connectivity index (χ4v) is 3.21. The summed E-state index contributed by atoms with van der Waals surface area (Å²) in [6.07, 6.45) is 0. The van der Waals surface area contributed by atoms with E-state index in [1.54, 1.807) is 12.1 Å². The lowest BCUT2D eigenvalue weighted by Gasteiger charge is -2.10. The summed E-state index contributed by atoms with van der Waals surface area (Å²) in [5.74, 6) is -0.206. The molecule has 0 atom stereocenters. The topological polar surface area (TPSA) is 88.9 Å². The summed E-state index contributed by atoms with van der Waals surface area (Å²) in [6, 6.07) is 15.2. The average Bonchev–Trinajstić information content (AvgIpc) is 3.10. The third kappa shape index (κ3) is 4.95. The van der Waals surface area contributed by atoms with E-state index in [0.29, 0.717) is 23.1 Å². The number of benzene rings is 2. The summed E-state index contributed by atoms with van der Waals surface area (Å²) in [5.41, 5.74) is 1.74. The van der Waals surface area contributed by atoms with Crippen molar-refractivity contribution in [2.75, 3.05) is 12.8 Å². The molecule has 3 amide bonds. The van der Waals surface area contributed by atoms with E-state index in [2.05, 4.69) is 20.8 Å². The predicted molar refractivity (Wildman–Crippen MR) is 104 cm³/mol. The van der Waals surface area contributed by atoms with Crippen LogP contribution in [-0.4, -0.2) is 39.5 Å². The van der Waals surface area contributed by atoms with Gasteiger partial charge in [-0.2, -0.15) is 0 Å². The van der Waals surface area contributed by atoms with Crippen molar-refractivity contribution in [3.8, 4) is 11.4 Å². The van der Waals surface area contributed by atoms with Crippen LogP contribution in [-0.2, 0) is 11.3 Å². The summed E-state index contributed by atoms with van der Waals surface area (Å²) in [5, 5.41) is 13.5. The molecule has 2 aromatic carbocycles. The molecule has 0 unspecified atom stereocenters. The number of imide groups is 1. The van der Waals surface area contributed by atoms with E-state index in [1.165, 1.54) is 30.9 Å². The summed E-state index contributed by atoms with van der Waals surface area (Å²) in [7, 11) is 1.43. The van der Waals surface area contributed by atoms with Crippen LogP contribution in [0.1, 0.15) is 5.56 Å². The Morgan fingerprint density at radius 3 is 2.46 bits per heavy atom. The fraction of sp³-hybridized carbons (Fsp3) is 0.158. The van der Waals surface area contributed by atoms with Crippen molar-refractivity contribution in [3.63, 3.8) is 0 Å². The molecule has 1 aromatic heterocycles. The monoisotopic (exact) mass is 399 g/mol. The standard InChI is InChI=1S/C19H18FN5O2S/c1-21-18(27)22-16(26)12-28-19-24-23-17(14-7-9-15(20)10-8-14)25(19)11-13-5-3-2-4-6-13/h2-10H,11-12H2,1H3,(H2,21,22,26,27). The third-order valence-electron chi connectivity index (χ3n) is 3.82. The molecule has 0 aliphatic rings. The Morgan fingerprint density at radius 2 is 1.79 bits per heavy atom. The van der Waals surface area contributed by atoms with Crippen molar-refractivity contribution < 1.29 is 14.0 Å². The van der Waals surface area contributed by atoms with E-state index < -0.39 is 11.9 Å². The van der Waals surface area contributed by atoms with Gasteiger partial charge in [0.05, 0.1) is 12.3 Å². The highest BCUT2D eigenvalue weighted by molar-refractivity contribution is 7.99. The van der Waals surface area contributed by atoms with Crippen LogP contribution >= 0.6 is 11.8 Å². The number of nitrogens with one attached hydrogen (secondary N) is 2. The minimum Gasteiger partial charge on any atom is -0.341 e. The van der Waals surface area contributed by atoms with Crippen LogP contribution in [0.5, 0.6) is 0 Å². The van der Waals surface area contributed by atoms with E-state index in [-0.39, 0.29) is 11.6 Å². The average molecular weight is 399 g/mol. The predicted octanol–water partition coefficient (Wildman–Crippen LogP) is 2.68. The maximum absolute atomic E-state index is 13.3. The smallest absolute Gasteiger partial charge is 0.321 e. The summed E-state index contributed by atoms with van der Waals surface area (Å²) < 4.78 is 15.1. The first-order valence-electron chi connectivity index (χ1n) is 8.44. The zero-order valence-electron chi connectivity index (χ0n) is 15.1. The normalized spacial score (nSPS) is 10.5. The third-order valence-corrected chi connectivity index (χ3v) is 4.78. The molecule has 1 heterocycles. The minimum absolute atomic E-state index is 0.00373. The van der Waals surface area contributed by atoms with Gasteiger partial charge in [-0.3, -0.25) is 14.7 Å². The highest BCUT2D eigenvalue weighted by atomic mass is 32.2. The van der Waals surface area contributed by atoms with Crippen LogP contribution in [0.15, 0.2) is 59.8 Å². The van der Waals surface area contributed by atoms with E-state index >= 15 is 0 Å². The van der Waals surface area contributed by atoms with E-state index in [4.69, 9.17) is 0 Å². The second-order valence-electron chi connectivity index (χ2n) is 5.80. The number of aromatic nitrogens is 3. The molecule has 0 radical (unpaired) electrons. The lowest BCUT2D eigenvalue weighted by molar-refractivity contribution is -0.117. The number of hydrogen-bond acceptors (Lipinski definition) is 5. The molecule has 7 nitrogen and oxygen atoms in total. The number of hydrogen-bond donors (Lipinski definition) is 2. The van der Waals surface area contributed by atoms with Gasteiger partial charge in [0.2, 0.25) is 5.91 Å². The molecule has 0 spiro atoms. The van der Waals surface area contributed by atoms with Crippen LogP contribution in [0.25, 0.3) is 11.4 Å². The first-order valence-corrected chi connectivity index (χ1v) is 9.43. The second-order valence-corrected chi connectivity index (χ2v) is 6.74. The Bertz CT molecular complexity index is 960. The molecular formula is C19H18FN5O2S. The maximum atomic E-state index is 13.3.